The highest BCUT2D eigenvalue weighted by Gasteiger charge is 2.38. The van der Waals surface area contributed by atoms with Crippen molar-refractivity contribution in [3.8, 4) is 5.75 Å². The Hall–Kier alpha value is -3.43. The van der Waals surface area contributed by atoms with Crippen LogP contribution in [0.3, 0.4) is 0 Å². The number of para-hydroxylation sites is 1. The topological polar surface area (TPSA) is 129 Å². The normalized spacial score (nSPS) is 18.1. The predicted molar refractivity (Wildman–Crippen MR) is 126 cm³/mol. The van der Waals surface area contributed by atoms with Gasteiger partial charge >= 0.3 is 0 Å². The Morgan fingerprint density at radius 2 is 1.69 bits per heavy atom. The third-order valence-corrected chi connectivity index (χ3v) is 6.88. The molecule has 0 bridgehead atoms. The van der Waals surface area contributed by atoms with E-state index in [0.717, 1.165) is 38.5 Å². The van der Waals surface area contributed by atoms with E-state index in [1.54, 1.807) is 28.0 Å². The number of hydrogen-bond acceptors (Lipinski definition) is 7. The predicted octanol–water partition coefficient (Wildman–Crippen LogP) is 2.38. The number of piperazine rings is 1. The van der Waals surface area contributed by atoms with Gasteiger partial charge in [-0.05, 0) is 25.0 Å². The molecule has 0 spiro atoms. The van der Waals surface area contributed by atoms with Crippen molar-refractivity contribution in [2.75, 3.05) is 26.2 Å². The van der Waals surface area contributed by atoms with Gasteiger partial charge in [-0.25, -0.2) is 0 Å². The number of benzene rings is 1. The van der Waals surface area contributed by atoms with E-state index in [2.05, 4.69) is 15.5 Å². The molecule has 188 valence electrons. The number of nitrogens with one attached hydrogen (secondary N) is 1. The fourth-order valence-corrected chi connectivity index (χ4v) is 4.98. The molecule has 10 heteroatoms. The van der Waals surface area contributed by atoms with Crippen LogP contribution in [0.15, 0.2) is 28.8 Å². The standard InChI is InChI=1S/C25H33N5O5/c1-18(31)27-25(12-6-2-3-7-13-25)24-26-21(35-28-24)10-11-22(33)29-14-16-30(17-15-29)23(34)19-8-4-5-9-20(19)32/h4-5,8-9,32H,2-3,6-7,10-17H2,1H3,(H,27,31). The summed E-state index contributed by atoms with van der Waals surface area (Å²) >= 11 is 0. The average molecular weight is 484 g/mol. The van der Waals surface area contributed by atoms with E-state index < -0.39 is 5.54 Å². The molecule has 0 atom stereocenters. The van der Waals surface area contributed by atoms with Crippen molar-refractivity contribution in [3.63, 3.8) is 0 Å². The lowest BCUT2D eigenvalue weighted by molar-refractivity contribution is -0.132. The van der Waals surface area contributed by atoms with Crippen molar-refractivity contribution in [3.05, 3.63) is 41.5 Å². The van der Waals surface area contributed by atoms with Crippen molar-refractivity contribution in [2.45, 2.75) is 63.8 Å². The van der Waals surface area contributed by atoms with Crippen LogP contribution in [0.2, 0.25) is 0 Å². The lowest BCUT2D eigenvalue weighted by Gasteiger charge is -2.35. The van der Waals surface area contributed by atoms with Crippen LogP contribution in [-0.2, 0) is 21.5 Å². The fourth-order valence-electron chi connectivity index (χ4n) is 4.98. The summed E-state index contributed by atoms with van der Waals surface area (Å²) in [6.45, 7) is 3.17. The van der Waals surface area contributed by atoms with E-state index in [1.165, 1.54) is 13.0 Å². The summed E-state index contributed by atoms with van der Waals surface area (Å²) in [7, 11) is 0. The van der Waals surface area contributed by atoms with Crippen molar-refractivity contribution in [2.24, 2.45) is 0 Å². The number of aryl methyl sites for hydroxylation is 1. The summed E-state index contributed by atoms with van der Waals surface area (Å²) < 4.78 is 5.45. The smallest absolute Gasteiger partial charge is 0.257 e. The van der Waals surface area contributed by atoms with Crippen LogP contribution in [-0.4, -0.2) is 68.9 Å². The van der Waals surface area contributed by atoms with Gasteiger partial charge in [-0.2, -0.15) is 4.98 Å². The summed E-state index contributed by atoms with van der Waals surface area (Å²) in [5.41, 5.74) is -0.338. The molecule has 0 radical (unpaired) electrons. The van der Waals surface area contributed by atoms with E-state index in [4.69, 9.17) is 4.52 Å². The maximum absolute atomic E-state index is 12.8. The summed E-state index contributed by atoms with van der Waals surface area (Å²) in [5, 5.41) is 17.2. The Labute approximate surface area is 204 Å². The zero-order valence-electron chi connectivity index (χ0n) is 20.2. The minimum Gasteiger partial charge on any atom is -0.507 e. The molecule has 3 amide bonds. The number of carbonyl (C=O) groups is 3. The zero-order chi connectivity index (χ0) is 24.8. The molecule has 2 aromatic rings. The first-order valence-electron chi connectivity index (χ1n) is 12.3. The highest BCUT2D eigenvalue weighted by atomic mass is 16.5. The third kappa shape index (κ3) is 5.80. The molecule has 1 aliphatic carbocycles. The fraction of sp³-hybridized carbons (Fsp3) is 0.560. The molecular weight excluding hydrogens is 450 g/mol. The molecule has 10 nitrogen and oxygen atoms in total. The molecule has 2 heterocycles. The third-order valence-electron chi connectivity index (χ3n) is 6.88. The number of aromatic nitrogens is 2. The van der Waals surface area contributed by atoms with E-state index in [0.29, 0.717) is 44.3 Å². The minimum absolute atomic E-state index is 0.0366. The SMILES string of the molecule is CC(=O)NC1(c2noc(CCC(=O)N3CCN(C(=O)c4ccccc4O)CC3)n2)CCCCCC1. The van der Waals surface area contributed by atoms with Gasteiger partial charge in [0.05, 0.1) is 5.56 Å². The van der Waals surface area contributed by atoms with Gasteiger partial charge in [0.15, 0.2) is 5.82 Å². The monoisotopic (exact) mass is 483 g/mol. The first-order valence-corrected chi connectivity index (χ1v) is 12.3. The first kappa shape index (κ1) is 24.7. The van der Waals surface area contributed by atoms with Crippen molar-refractivity contribution >= 4 is 17.7 Å². The largest absolute Gasteiger partial charge is 0.507 e. The van der Waals surface area contributed by atoms with Crippen LogP contribution in [0.4, 0.5) is 0 Å². The van der Waals surface area contributed by atoms with E-state index in [1.807, 2.05) is 0 Å². The molecule has 1 aliphatic heterocycles. The van der Waals surface area contributed by atoms with Gasteiger partial charge in [0, 0.05) is 45.9 Å². The molecule has 1 saturated heterocycles. The second kappa shape index (κ2) is 10.9. The molecule has 35 heavy (non-hydrogen) atoms. The number of carbonyl (C=O) groups excluding carboxylic acids is 3. The summed E-state index contributed by atoms with van der Waals surface area (Å²) in [5.74, 6) is 0.447. The molecular formula is C25H33N5O5. The van der Waals surface area contributed by atoms with E-state index >= 15 is 0 Å². The Bertz CT molecular complexity index is 1050. The maximum atomic E-state index is 12.8. The number of aromatic hydroxyl groups is 1. The van der Waals surface area contributed by atoms with Gasteiger partial charge in [-0.3, -0.25) is 14.4 Å². The Morgan fingerprint density at radius 1 is 1.03 bits per heavy atom. The average Bonchev–Trinajstić information content (AvgIpc) is 3.22. The Kier molecular flexibility index (Phi) is 7.67. The van der Waals surface area contributed by atoms with Crippen LogP contribution in [0.1, 0.15) is 73.9 Å². The molecule has 1 aromatic carbocycles. The molecule has 0 unspecified atom stereocenters. The van der Waals surface area contributed by atoms with Gasteiger partial charge in [-0.1, -0.05) is 43.0 Å². The van der Waals surface area contributed by atoms with Gasteiger partial charge in [0.25, 0.3) is 5.91 Å². The lowest BCUT2D eigenvalue weighted by atomic mass is 9.89. The maximum Gasteiger partial charge on any atom is 0.257 e. The van der Waals surface area contributed by atoms with Crippen LogP contribution in [0.5, 0.6) is 5.75 Å². The molecule has 2 N–H and O–H groups in total. The minimum atomic E-state index is -0.607. The Balaban J connectivity index is 1.31. The van der Waals surface area contributed by atoms with Crippen molar-refractivity contribution in [1.29, 1.82) is 0 Å². The summed E-state index contributed by atoms with van der Waals surface area (Å²) in [4.78, 5) is 45.2. The highest BCUT2D eigenvalue weighted by Crippen LogP contribution is 2.34. The van der Waals surface area contributed by atoms with Gasteiger partial charge in [0.1, 0.15) is 11.3 Å². The quantitative estimate of drug-likeness (QED) is 0.604. The molecule has 2 aliphatic rings. The van der Waals surface area contributed by atoms with Crippen LogP contribution >= 0.6 is 0 Å². The number of nitrogens with zero attached hydrogens (tertiary/aromatic N) is 4. The number of amides is 3. The molecule has 4 rings (SSSR count). The number of phenolic OH excluding ortho intramolecular Hbond substituents is 1. The van der Waals surface area contributed by atoms with Crippen LogP contribution < -0.4 is 5.32 Å². The summed E-state index contributed by atoms with van der Waals surface area (Å²) in [6, 6.07) is 6.47. The summed E-state index contributed by atoms with van der Waals surface area (Å²) in [6.07, 6.45) is 6.30. The van der Waals surface area contributed by atoms with Gasteiger partial charge in [0.2, 0.25) is 17.7 Å². The van der Waals surface area contributed by atoms with Crippen molar-refractivity contribution in [1.82, 2.24) is 25.3 Å². The van der Waals surface area contributed by atoms with Crippen molar-refractivity contribution < 1.29 is 24.0 Å². The lowest BCUT2D eigenvalue weighted by Crippen LogP contribution is -2.50. The first-order chi connectivity index (χ1) is 16.9. The molecule has 2 fully saturated rings. The van der Waals surface area contributed by atoms with Gasteiger partial charge in [-0.15, -0.1) is 0 Å². The second-order valence-corrected chi connectivity index (χ2v) is 9.38. The van der Waals surface area contributed by atoms with Crippen LogP contribution in [0.25, 0.3) is 0 Å². The van der Waals surface area contributed by atoms with E-state index in [9.17, 15) is 19.5 Å². The van der Waals surface area contributed by atoms with Gasteiger partial charge < -0.3 is 24.7 Å². The second-order valence-electron chi connectivity index (χ2n) is 9.38. The highest BCUT2D eigenvalue weighted by molar-refractivity contribution is 5.97. The Morgan fingerprint density at radius 3 is 2.34 bits per heavy atom. The number of phenols is 1. The molecule has 1 aromatic heterocycles. The zero-order valence-corrected chi connectivity index (χ0v) is 20.2. The van der Waals surface area contributed by atoms with Crippen LogP contribution in [0, 0.1) is 0 Å². The molecule has 1 saturated carbocycles. The van der Waals surface area contributed by atoms with E-state index in [-0.39, 0.29) is 35.5 Å². The number of hydrogen-bond donors (Lipinski definition) is 2. The number of rotatable bonds is 6.